The Morgan fingerprint density at radius 2 is 2.00 bits per heavy atom. The van der Waals surface area contributed by atoms with E-state index in [9.17, 15) is 9.90 Å². The minimum Gasteiger partial charge on any atom is -0.393 e. The Balaban J connectivity index is 1.17. The first kappa shape index (κ1) is 22.1. The van der Waals surface area contributed by atoms with Crippen LogP contribution in [0.15, 0.2) is 60.6 Å². The number of aliphatic hydroxyl groups is 1. The summed E-state index contributed by atoms with van der Waals surface area (Å²) in [6, 6.07) is 9.74. The van der Waals surface area contributed by atoms with Gasteiger partial charge in [-0.25, -0.2) is 9.37 Å². The molecule has 0 saturated heterocycles. The van der Waals surface area contributed by atoms with Gasteiger partial charge in [0.25, 0.3) is 0 Å². The smallest absolute Gasteiger partial charge is 0.224 e. The van der Waals surface area contributed by atoms with E-state index in [0.717, 1.165) is 48.1 Å². The highest BCUT2D eigenvalue weighted by Crippen LogP contribution is 2.47. The van der Waals surface area contributed by atoms with Crippen molar-refractivity contribution in [1.82, 2.24) is 14.9 Å². The predicted molar refractivity (Wildman–Crippen MR) is 126 cm³/mol. The molecule has 0 spiro atoms. The maximum Gasteiger partial charge on any atom is 0.224 e. The fourth-order valence-corrected chi connectivity index (χ4v) is 5.75. The summed E-state index contributed by atoms with van der Waals surface area (Å²) in [5.74, 6) is 0.0612. The Morgan fingerprint density at radius 3 is 2.76 bits per heavy atom. The average Bonchev–Trinajstić information content (AvgIpc) is 3.40. The zero-order valence-corrected chi connectivity index (χ0v) is 19.0. The summed E-state index contributed by atoms with van der Waals surface area (Å²) < 4.78 is 17.2. The number of alkyl halides is 1. The van der Waals surface area contributed by atoms with Crippen LogP contribution in [0, 0.1) is 11.8 Å². The zero-order chi connectivity index (χ0) is 22.9. The third-order valence-corrected chi connectivity index (χ3v) is 7.63. The molecule has 1 aliphatic heterocycles. The van der Waals surface area contributed by atoms with E-state index in [-0.39, 0.29) is 29.8 Å². The van der Waals surface area contributed by atoms with Crippen LogP contribution in [0.4, 0.5) is 4.39 Å². The molecule has 1 aromatic heterocycles. The first-order chi connectivity index (χ1) is 16.0. The summed E-state index contributed by atoms with van der Waals surface area (Å²) in [5.41, 5.74) is 3.68. The lowest BCUT2D eigenvalue weighted by molar-refractivity contribution is -0.121. The molecule has 174 valence electrons. The summed E-state index contributed by atoms with van der Waals surface area (Å²) in [7, 11) is 0. The van der Waals surface area contributed by atoms with Gasteiger partial charge in [-0.15, -0.1) is 0 Å². The molecule has 0 bridgehead atoms. The number of allylic oxidation sites excluding steroid dienone is 4. The Hall–Kier alpha value is -2.73. The van der Waals surface area contributed by atoms with Gasteiger partial charge in [0, 0.05) is 17.5 Å². The Morgan fingerprint density at radius 1 is 1.24 bits per heavy atom. The van der Waals surface area contributed by atoms with Gasteiger partial charge in [0.1, 0.15) is 6.17 Å². The van der Waals surface area contributed by atoms with Crippen LogP contribution in [-0.2, 0) is 11.2 Å². The van der Waals surface area contributed by atoms with E-state index in [4.69, 9.17) is 0 Å². The number of aromatic nitrogens is 2. The molecular formula is C27H32FN3O2. The van der Waals surface area contributed by atoms with Crippen molar-refractivity contribution in [3.8, 4) is 0 Å². The number of nitrogens with one attached hydrogen (secondary N) is 1. The number of rotatable bonds is 6. The summed E-state index contributed by atoms with van der Waals surface area (Å²) in [6.45, 7) is 1.90. The van der Waals surface area contributed by atoms with Crippen molar-refractivity contribution < 1.29 is 14.3 Å². The summed E-state index contributed by atoms with van der Waals surface area (Å²) in [4.78, 5) is 16.7. The van der Waals surface area contributed by atoms with Crippen molar-refractivity contribution in [2.75, 3.05) is 0 Å². The van der Waals surface area contributed by atoms with Crippen LogP contribution in [0.25, 0.3) is 5.57 Å². The van der Waals surface area contributed by atoms with Gasteiger partial charge in [0.15, 0.2) is 0 Å². The van der Waals surface area contributed by atoms with Crippen molar-refractivity contribution in [3.63, 3.8) is 0 Å². The molecule has 5 rings (SSSR count). The highest BCUT2D eigenvalue weighted by Gasteiger charge is 2.40. The molecule has 3 aliphatic rings. The van der Waals surface area contributed by atoms with E-state index in [0.29, 0.717) is 12.8 Å². The van der Waals surface area contributed by atoms with E-state index in [1.165, 1.54) is 0 Å². The molecule has 1 saturated carbocycles. The number of hydrogen-bond acceptors (Lipinski definition) is 3. The number of imidazole rings is 1. The fraction of sp³-hybridized carbons (Fsp3) is 0.481. The summed E-state index contributed by atoms with van der Waals surface area (Å²) in [5, 5.41) is 14.3. The largest absolute Gasteiger partial charge is 0.393 e. The van der Waals surface area contributed by atoms with Gasteiger partial charge in [-0.05, 0) is 49.2 Å². The molecule has 1 amide bonds. The number of carbonyl (C=O) groups excluding carboxylic acids is 1. The highest BCUT2D eigenvalue weighted by molar-refractivity contribution is 5.80. The van der Waals surface area contributed by atoms with Crippen molar-refractivity contribution in [3.05, 3.63) is 71.8 Å². The molecule has 5 nitrogen and oxygen atoms in total. The lowest BCUT2D eigenvalue weighted by Gasteiger charge is -2.34. The fourth-order valence-electron chi connectivity index (χ4n) is 5.75. The van der Waals surface area contributed by atoms with Crippen LogP contribution in [0.1, 0.15) is 56.3 Å². The molecule has 1 unspecified atom stereocenters. The molecule has 2 heterocycles. The Kier molecular flexibility index (Phi) is 6.19. The lowest BCUT2D eigenvalue weighted by Crippen LogP contribution is -2.40. The topological polar surface area (TPSA) is 67.2 Å². The number of fused-ring (bicyclic) bond motifs is 2. The standard InChI is InChI=1S/C27H32FN3O2/c1-17-7-12-21-23-15-29-16-31(23)22(26(21)27(17)28)14-24(32)19-8-10-20(11-9-19)30-25(33)13-18-5-3-2-4-6-18/h2-7,12,15-17,19-20,22,24,27,32H,8-11,13-14H2,1H3,(H,30,33)/t17-,19?,20?,22?,24-,27+/m0/s1. The average molecular weight is 450 g/mol. The van der Waals surface area contributed by atoms with Gasteiger partial charge >= 0.3 is 0 Å². The SMILES string of the molecule is C[C@H]1C=CC2=C(C(C[C@H](O)C3CCC(NC(=O)Cc4ccccc4)CC3)n3cncc32)[C@@H]1F. The monoisotopic (exact) mass is 449 g/mol. The second kappa shape index (κ2) is 9.26. The van der Waals surface area contributed by atoms with Crippen molar-refractivity contribution in [2.45, 2.75) is 69.8 Å². The van der Waals surface area contributed by atoms with Gasteiger partial charge in [-0.1, -0.05) is 49.4 Å². The van der Waals surface area contributed by atoms with Crippen molar-refractivity contribution in [2.24, 2.45) is 11.8 Å². The maximum absolute atomic E-state index is 15.2. The molecule has 1 aromatic carbocycles. The Bertz CT molecular complexity index is 1050. The number of carbonyl (C=O) groups is 1. The predicted octanol–water partition coefficient (Wildman–Crippen LogP) is 4.40. The van der Waals surface area contributed by atoms with Crippen LogP contribution in [0.5, 0.6) is 0 Å². The van der Waals surface area contributed by atoms with E-state index < -0.39 is 12.3 Å². The van der Waals surface area contributed by atoms with Crippen LogP contribution in [0.3, 0.4) is 0 Å². The number of nitrogens with zero attached hydrogens (tertiary/aromatic N) is 2. The quantitative estimate of drug-likeness (QED) is 0.687. The molecule has 2 N–H and O–H groups in total. The normalized spacial score (nSPS) is 29.5. The summed E-state index contributed by atoms with van der Waals surface area (Å²) in [6.07, 6.45) is 10.3. The molecule has 2 aromatic rings. The van der Waals surface area contributed by atoms with E-state index in [2.05, 4.69) is 10.3 Å². The number of benzene rings is 1. The highest BCUT2D eigenvalue weighted by atomic mass is 19.1. The minimum absolute atomic E-state index is 0.0525. The van der Waals surface area contributed by atoms with Crippen molar-refractivity contribution >= 4 is 11.5 Å². The number of hydrogen-bond donors (Lipinski definition) is 2. The van der Waals surface area contributed by atoms with Gasteiger partial charge in [0.2, 0.25) is 5.91 Å². The van der Waals surface area contributed by atoms with Crippen LogP contribution in [-0.4, -0.2) is 38.9 Å². The molecule has 4 atom stereocenters. The van der Waals surface area contributed by atoms with Crippen LogP contribution < -0.4 is 5.32 Å². The first-order valence-corrected chi connectivity index (χ1v) is 12.1. The van der Waals surface area contributed by atoms with Crippen LogP contribution >= 0.6 is 0 Å². The van der Waals surface area contributed by atoms with Crippen molar-refractivity contribution in [1.29, 1.82) is 0 Å². The number of halogens is 1. The second-order valence-corrected chi connectivity index (χ2v) is 9.84. The van der Waals surface area contributed by atoms with Gasteiger partial charge < -0.3 is 15.0 Å². The Labute approximate surface area is 194 Å². The first-order valence-electron chi connectivity index (χ1n) is 12.1. The van der Waals surface area contributed by atoms with Gasteiger partial charge in [-0.2, -0.15) is 0 Å². The van der Waals surface area contributed by atoms with Gasteiger partial charge in [0.05, 0.1) is 36.8 Å². The zero-order valence-electron chi connectivity index (χ0n) is 19.0. The second-order valence-electron chi connectivity index (χ2n) is 9.84. The number of aliphatic hydroxyl groups excluding tert-OH is 1. The third-order valence-electron chi connectivity index (χ3n) is 7.63. The number of amides is 1. The van der Waals surface area contributed by atoms with E-state index in [1.807, 2.05) is 54.0 Å². The maximum atomic E-state index is 15.2. The molecular weight excluding hydrogens is 417 g/mol. The van der Waals surface area contributed by atoms with E-state index in [1.54, 1.807) is 12.5 Å². The minimum atomic E-state index is -1.03. The molecule has 1 fully saturated rings. The third kappa shape index (κ3) is 4.41. The summed E-state index contributed by atoms with van der Waals surface area (Å²) >= 11 is 0. The molecule has 0 radical (unpaired) electrons. The van der Waals surface area contributed by atoms with Gasteiger partial charge in [-0.3, -0.25) is 4.79 Å². The molecule has 2 aliphatic carbocycles. The molecule has 6 heteroatoms. The van der Waals surface area contributed by atoms with E-state index >= 15 is 4.39 Å². The molecule has 33 heavy (non-hydrogen) atoms. The lowest BCUT2D eigenvalue weighted by atomic mass is 9.78. The van der Waals surface area contributed by atoms with Crippen LogP contribution in [0.2, 0.25) is 0 Å².